The average molecular weight is 507 g/mol. The largest absolute Gasteiger partial charge is 0.354 e. The monoisotopic (exact) mass is 506 g/mol. The van der Waals surface area contributed by atoms with Gasteiger partial charge in [0.2, 0.25) is 5.91 Å². The Morgan fingerprint density at radius 3 is 2.51 bits per heavy atom. The van der Waals surface area contributed by atoms with E-state index in [9.17, 15) is 9.18 Å². The van der Waals surface area contributed by atoms with Crippen LogP contribution in [-0.4, -0.2) is 56.7 Å². The Morgan fingerprint density at radius 2 is 1.78 bits per heavy atom. The molecule has 7 nitrogen and oxygen atoms in total. The maximum absolute atomic E-state index is 13.6. The molecule has 1 unspecified atom stereocenters. The number of anilines is 1. The summed E-state index contributed by atoms with van der Waals surface area (Å²) in [5.41, 5.74) is 2.38. The second-order valence-electron chi connectivity index (χ2n) is 10.8. The Labute approximate surface area is 219 Å². The number of hydrogen-bond donors (Lipinski definition) is 0. The third-order valence-corrected chi connectivity index (χ3v) is 8.00. The van der Waals surface area contributed by atoms with E-state index in [1.807, 2.05) is 11.6 Å². The van der Waals surface area contributed by atoms with Gasteiger partial charge in [-0.2, -0.15) is 5.10 Å². The first-order valence-electron chi connectivity index (χ1n) is 14.0. The molecule has 2 fully saturated rings. The van der Waals surface area contributed by atoms with Crippen molar-refractivity contribution in [2.24, 2.45) is 5.92 Å². The van der Waals surface area contributed by atoms with Crippen molar-refractivity contribution >= 4 is 22.8 Å². The van der Waals surface area contributed by atoms with Gasteiger partial charge < -0.3 is 9.80 Å². The van der Waals surface area contributed by atoms with Gasteiger partial charge in [-0.25, -0.2) is 19.0 Å². The van der Waals surface area contributed by atoms with Gasteiger partial charge in [0.05, 0.1) is 16.8 Å². The molecule has 1 aliphatic heterocycles. The Morgan fingerprint density at radius 1 is 1.03 bits per heavy atom. The molecule has 3 aromatic rings. The molecule has 1 saturated carbocycles. The molecule has 1 aromatic carbocycles. The minimum atomic E-state index is -0.276. The van der Waals surface area contributed by atoms with Crippen molar-refractivity contribution in [3.05, 3.63) is 41.6 Å². The summed E-state index contributed by atoms with van der Waals surface area (Å²) in [6, 6.07) is 6.37. The number of aryl methyl sites for hydroxylation is 1. The molecule has 0 spiro atoms. The summed E-state index contributed by atoms with van der Waals surface area (Å²) < 4.78 is 15.5. The van der Waals surface area contributed by atoms with E-state index in [1.165, 1.54) is 31.4 Å². The first-order valence-corrected chi connectivity index (χ1v) is 14.0. The van der Waals surface area contributed by atoms with E-state index < -0.39 is 0 Å². The highest BCUT2D eigenvalue weighted by atomic mass is 19.1. The molecule has 0 N–H and O–H groups in total. The molecule has 3 heterocycles. The predicted octanol–water partition coefficient (Wildman–Crippen LogP) is 5.79. The van der Waals surface area contributed by atoms with Crippen LogP contribution in [0.1, 0.15) is 82.7 Å². The van der Waals surface area contributed by atoms with E-state index in [0.717, 1.165) is 85.8 Å². The lowest BCUT2D eigenvalue weighted by Crippen LogP contribution is -2.39. The second kappa shape index (κ2) is 11.2. The van der Waals surface area contributed by atoms with Crippen molar-refractivity contribution < 1.29 is 9.18 Å². The van der Waals surface area contributed by atoms with Crippen molar-refractivity contribution in [3.63, 3.8) is 0 Å². The third-order valence-electron chi connectivity index (χ3n) is 8.00. The number of rotatable bonds is 6. The minimum absolute atomic E-state index is 0.198. The molecule has 1 aliphatic carbocycles. The molecule has 8 heteroatoms. The lowest BCUT2D eigenvalue weighted by molar-refractivity contribution is -0.136. The Bertz CT molecular complexity index is 1230. The van der Waals surface area contributed by atoms with E-state index in [2.05, 4.69) is 23.6 Å². The molecular formula is C29H39FN6O. The maximum Gasteiger partial charge on any atom is 0.225 e. The van der Waals surface area contributed by atoms with Crippen molar-refractivity contribution in [1.82, 2.24) is 24.6 Å². The molecule has 5 rings (SSSR count). The first kappa shape index (κ1) is 25.6. The number of halogens is 1. The van der Waals surface area contributed by atoms with Gasteiger partial charge in [-0.1, -0.05) is 39.5 Å². The molecule has 0 bridgehead atoms. The average Bonchev–Trinajstić information content (AvgIpc) is 3.08. The van der Waals surface area contributed by atoms with Crippen LogP contribution in [-0.2, 0) is 4.79 Å². The van der Waals surface area contributed by atoms with Crippen molar-refractivity contribution in [2.45, 2.75) is 78.1 Å². The van der Waals surface area contributed by atoms with Gasteiger partial charge >= 0.3 is 0 Å². The maximum atomic E-state index is 13.6. The highest BCUT2D eigenvalue weighted by Crippen LogP contribution is 2.32. The number of carbonyl (C=O) groups excluding carboxylic acids is 1. The SMILES string of the molecule is CCCC(C)c1nc(N2CCCN(C(=O)C3CCCCC3)CC2)c2c(C)nn(-c3ccc(F)cc3)c2n1. The zero-order chi connectivity index (χ0) is 25.9. The van der Waals surface area contributed by atoms with Gasteiger partial charge in [0.1, 0.15) is 17.5 Å². The van der Waals surface area contributed by atoms with Gasteiger partial charge in [-0.05, 0) is 56.9 Å². The van der Waals surface area contributed by atoms with Crippen LogP contribution in [0.3, 0.4) is 0 Å². The fourth-order valence-corrected chi connectivity index (χ4v) is 5.91. The number of fused-ring (bicyclic) bond motifs is 1. The van der Waals surface area contributed by atoms with Crippen LogP contribution in [0.5, 0.6) is 0 Å². The Hall–Kier alpha value is -3.03. The molecule has 2 aliphatic rings. The van der Waals surface area contributed by atoms with Crippen molar-refractivity contribution in [3.8, 4) is 5.69 Å². The molecule has 198 valence electrons. The standard InChI is InChI=1S/C29H39FN6O/c1-4-9-20(2)26-31-27(25-21(3)33-36(28(25)32-26)24-14-12-23(30)13-15-24)34-16-8-17-35(19-18-34)29(37)22-10-6-5-7-11-22/h12-15,20,22H,4-11,16-19H2,1-3H3. The summed E-state index contributed by atoms with van der Waals surface area (Å²) in [6.07, 6.45) is 8.63. The zero-order valence-corrected chi connectivity index (χ0v) is 22.4. The molecule has 2 aromatic heterocycles. The topological polar surface area (TPSA) is 67.2 Å². The zero-order valence-electron chi connectivity index (χ0n) is 22.4. The van der Waals surface area contributed by atoms with E-state index in [0.29, 0.717) is 12.5 Å². The fourth-order valence-electron chi connectivity index (χ4n) is 5.91. The van der Waals surface area contributed by atoms with Crippen LogP contribution in [0, 0.1) is 18.7 Å². The fraction of sp³-hybridized carbons (Fsp3) is 0.586. The Balaban J connectivity index is 1.50. The van der Waals surface area contributed by atoms with Crippen molar-refractivity contribution in [1.29, 1.82) is 0 Å². The number of hydrogen-bond acceptors (Lipinski definition) is 5. The van der Waals surface area contributed by atoms with Crippen LogP contribution >= 0.6 is 0 Å². The van der Waals surface area contributed by atoms with E-state index in [-0.39, 0.29) is 17.7 Å². The molecule has 37 heavy (non-hydrogen) atoms. The second-order valence-corrected chi connectivity index (χ2v) is 10.8. The number of benzene rings is 1. The minimum Gasteiger partial charge on any atom is -0.354 e. The van der Waals surface area contributed by atoms with Crippen LogP contribution in [0.25, 0.3) is 16.7 Å². The van der Waals surface area contributed by atoms with E-state index in [4.69, 9.17) is 15.1 Å². The first-order chi connectivity index (χ1) is 18.0. The molecule has 0 radical (unpaired) electrons. The van der Waals surface area contributed by atoms with E-state index >= 15 is 0 Å². The molecule has 1 amide bonds. The predicted molar refractivity (Wildman–Crippen MR) is 145 cm³/mol. The summed E-state index contributed by atoms with van der Waals surface area (Å²) in [7, 11) is 0. The summed E-state index contributed by atoms with van der Waals surface area (Å²) in [6.45, 7) is 9.43. The van der Waals surface area contributed by atoms with E-state index in [1.54, 1.807) is 12.1 Å². The summed E-state index contributed by atoms with van der Waals surface area (Å²) in [5, 5.41) is 5.75. The third kappa shape index (κ3) is 5.34. The highest BCUT2D eigenvalue weighted by molar-refractivity contribution is 5.91. The summed E-state index contributed by atoms with van der Waals surface area (Å²) >= 11 is 0. The van der Waals surface area contributed by atoms with Gasteiger partial charge in [-0.15, -0.1) is 0 Å². The van der Waals surface area contributed by atoms with Gasteiger partial charge in [0.15, 0.2) is 5.65 Å². The number of aromatic nitrogens is 4. The van der Waals surface area contributed by atoms with Crippen LogP contribution in [0.4, 0.5) is 10.2 Å². The van der Waals surface area contributed by atoms with Gasteiger partial charge in [0.25, 0.3) is 0 Å². The normalized spacial score (nSPS) is 18.3. The lowest BCUT2D eigenvalue weighted by atomic mass is 9.88. The number of nitrogens with zero attached hydrogens (tertiary/aromatic N) is 6. The van der Waals surface area contributed by atoms with Gasteiger partial charge in [0, 0.05) is 38.0 Å². The lowest BCUT2D eigenvalue weighted by Gasteiger charge is -2.28. The van der Waals surface area contributed by atoms with Gasteiger partial charge in [-0.3, -0.25) is 4.79 Å². The number of carbonyl (C=O) groups is 1. The van der Waals surface area contributed by atoms with Crippen LogP contribution in [0.2, 0.25) is 0 Å². The molecule has 1 atom stereocenters. The quantitative estimate of drug-likeness (QED) is 0.424. The molecule has 1 saturated heterocycles. The molecular weight excluding hydrogens is 467 g/mol. The van der Waals surface area contributed by atoms with Crippen LogP contribution in [0.15, 0.2) is 24.3 Å². The highest BCUT2D eigenvalue weighted by Gasteiger charge is 2.29. The summed E-state index contributed by atoms with van der Waals surface area (Å²) in [5.74, 6) is 2.19. The Kier molecular flexibility index (Phi) is 7.72. The summed E-state index contributed by atoms with van der Waals surface area (Å²) in [4.78, 5) is 27.8. The number of amides is 1. The van der Waals surface area contributed by atoms with Crippen LogP contribution < -0.4 is 4.90 Å². The van der Waals surface area contributed by atoms with Crippen molar-refractivity contribution in [2.75, 3.05) is 31.1 Å². The smallest absolute Gasteiger partial charge is 0.225 e.